The number of hydrogen-bond donors (Lipinski definition) is 1. The second kappa shape index (κ2) is 5.09. The number of rotatable bonds is 4. The van der Waals surface area contributed by atoms with Gasteiger partial charge in [0.1, 0.15) is 0 Å². The van der Waals surface area contributed by atoms with Crippen LogP contribution in [0.1, 0.15) is 19.4 Å². The highest BCUT2D eigenvalue weighted by atomic mass is 79.9. The highest BCUT2D eigenvalue weighted by molar-refractivity contribution is 9.10. The molecule has 0 saturated heterocycles. The van der Waals surface area contributed by atoms with Gasteiger partial charge in [0.05, 0.1) is 5.75 Å². The Hall–Kier alpha value is -0.390. The minimum atomic E-state index is -3.21. The Morgan fingerprint density at radius 2 is 1.80 bits per heavy atom. The van der Waals surface area contributed by atoms with Crippen LogP contribution in [0, 0.1) is 0 Å². The summed E-state index contributed by atoms with van der Waals surface area (Å²) >= 11 is 3.30. The fraction of sp³-hybridized carbons (Fsp3) is 0.400. The molecule has 1 aromatic rings. The number of sulfonamides is 1. The SMILES string of the molecule is CC(C)NS(=O)(=O)Cc1ccc(Br)cc1. The molecular formula is C10H14BrNO2S. The smallest absolute Gasteiger partial charge is 0.212 e. The molecule has 0 atom stereocenters. The van der Waals surface area contributed by atoms with Crippen molar-refractivity contribution in [2.45, 2.75) is 25.6 Å². The minimum Gasteiger partial charge on any atom is -0.212 e. The lowest BCUT2D eigenvalue weighted by Gasteiger charge is -2.09. The molecule has 0 fully saturated rings. The topological polar surface area (TPSA) is 46.2 Å². The van der Waals surface area contributed by atoms with Gasteiger partial charge in [-0.15, -0.1) is 0 Å². The first-order chi connectivity index (χ1) is 6.89. The Bertz CT molecular complexity index is 412. The van der Waals surface area contributed by atoms with Gasteiger partial charge in [0, 0.05) is 10.5 Å². The normalized spacial score (nSPS) is 12.0. The van der Waals surface area contributed by atoms with Crippen LogP contribution in [-0.2, 0) is 15.8 Å². The fourth-order valence-electron chi connectivity index (χ4n) is 1.20. The van der Waals surface area contributed by atoms with E-state index in [2.05, 4.69) is 20.7 Å². The fourth-order valence-corrected chi connectivity index (χ4v) is 2.90. The zero-order chi connectivity index (χ0) is 11.5. The summed E-state index contributed by atoms with van der Waals surface area (Å²) in [6.45, 7) is 3.61. The van der Waals surface area contributed by atoms with Gasteiger partial charge in [-0.3, -0.25) is 0 Å². The molecule has 0 aromatic heterocycles. The summed E-state index contributed by atoms with van der Waals surface area (Å²) in [5.41, 5.74) is 0.784. The molecule has 0 spiro atoms. The van der Waals surface area contributed by atoms with Gasteiger partial charge in [-0.25, -0.2) is 13.1 Å². The molecule has 0 saturated carbocycles. The average Bonchev–Trinajstić information content (AvgIpc) is 2.06. The number of hydrogen-bond acceptors (Lipinski definition) is 2. The molecule has 5 heteroatoms. The van der Waals surface area contributed by atoms with Crippen LogP contribution < -0.4 is 4.72 Å². The first kappa shape index (κ1) is 12.7. The van der Waals surface area contributed by atoms with E-state index in [0.29, 0.717) is 0 Å². The van der Waals surface area contributed by atoms with E-state index in [1.54, 1.807) is 26.0 Å². The summed E-state index contributed by atoms with van der Waals surface area (Å²) in [7, 11) is -3.21. The molecular weight excluding hydrogens is 278 g/mol. The highest BCUT2D eigenvalue weighted by Crippen LogP contribution is 2.12. The molecule has 84 valence electrons. The Kier molecular flexibility index (Phi) is 4.31. The Morgan fingerprint density at radius 3 is 2.27 bits per heavy atom. The Balaban J connectivity index is 2.73. The van der Waals surface area contributed by atoms with E-state index < -0.39 is 10.0 Å². The van der Waals surface area contributed by atoms with Crippen LogP contribution in [-0.4, -0.2) is 14.5 Å². The van der Waals surface area contributed by atoms with Gasteiger partial charge in [0.2, 0.25) is 10.0 Å². The predicted molar refractivity (Wildman–Crippen MR) is 65.0 cm³/mol. The highest BCUT2D eigenvalue weighted by Gasteiger charge is 2.12. The molecule has 0 radical (unpaired) electrons. The van der Waals surface area contributed by atoms with Gasteiger partial charge in [-0.05, 0) is 31.5 Å². The maximum atomic E-state index is 11.6. The number of benzene rings is 1. The Morgan fingerprint density at radius 1 is 1.27 bits per heavy atom. The third-order valence-corrected chi connectivity index (χ3v) is 3.76. The monoisotopic (exact) mass is 291 g/mol. The van der Waals surface area contributed by atoms with Crippen molar-refractivity contribution in [3.05, 3.63) is 34.3 Å². The maximum Gasteiger partial charge on any atom is 0.216 e. The van der Waals surface area contributed by atoms with Gasteiger partial charge < -0.3 is 0 Å². The van der Waals surface area contributed by atoms with Crippen LogP contribution in [0.5, 0.6) is 0 Å². The lowest BCUT2D eigenvalue weighted by atomic mass is 10.2. The van der Waals surface area contributed by atoms with Crippen molar-refractivity contribution in [3.63, 3.8) is 0 Å². The average molecular weight is 292 g/mol. The van der Waals surface area contributed by atoms with Crippen molar-refractivity contribution >= 4 is 26.0 Å². The van der Waals surface area contributed by atoms with Crippen molar-refractivity contribution in [2.75, 3.05) is 0 Å². The lowest BCUT2D eigenvalue weighted by molar-refractivity contribution is 0.569. The largest absolute Gasteiger partial charge is 0.216 e. The van der Waals surface area contributed by atoms with Gasteiger partial charge >= 0.3 is 0 Å². The van der Waals surface area contributed by atoms with E-state index in [1.807, 2.05) is 12.1 Å². The van der Waals surface area contributed by atoms with E-state index in [0.717, 1.165) is 10.0 Å². The zero-order valence-corrected chi connectivity index (χ0v) is 11.1. The molecule has 1 rings (SSSR count). The quantitative estimate of drug-likeness (QED) is 0.925. The van der Waals surface area contributed by atoms with Crippen LogP contribution in [0.15, 0.2) is 28.7 Å². The summed E-state index contributed by atoms with van der Waals surface area (Å²) in [6, 6.07) is 7.19. The van der Waals surface area contributed by atoms with E-state index in [1.165, 1.54) is 0 Å². The molecule has 0 amide bonds. The van der Waals surface area contributed by atoms with Crippen LogP contribution in [0.4, 0.5) is 0 Å². The van der Waals surface area contributed by atoms with E-state index in [4.69, 9.17) is 0 Å². The molecule has 0 aliphatic heterocycles. The molecule has 0 aliphatic rings. The molecule has 0 aliphatic carbocycles. The Labute approximate surface area is 99.1 Å². The zero-order valence-electron chi connectivity index (χ0n) is 8.70. The number of halogens is 1. The molecule has 1 N–H and O–H groups in total. The molecule has 0 unspecified atom stereocenters. The van der Waals surface area contributed by atoms with Gasteiger partial charge in [-0.1, -0.05) is 28.1 Å². The minimum absolute atomic E-state index is 0.0262. The molecule has 0 heterocycles. The van der Waals surface area contributed by atoms with Crippen LogP contribution in [0.25, 0.3) is 0 Å². The van der Waals surface area contributed by atoms with Gasteiger partial charge in [-0.2, -0.15) is 0 Å². The first-order valence-corrected chi connectivity index (χ1v) is 7.08. The van der Waals surface area contributed by atoms with Gasteiger partial charge in [0.25, 0.3) is 0 Å². The summed E-state index contributed by atoms with van der Waals surface area (Å²) in [5.74, 6) is 0.0262. The second-order valence-corrected chi connectivity index (χ2v) is 6.33. The van der Waals surface area contributed by atoms with Crippen LogP contribution >= 0.6 is 15.9 Å². The summed E-state index contributed by atoms with van der Waals surface area (Å²) < 4.78 is 26.6. The first-order valence-electron chi connectivity index (χ1n) is 4.63. The summed E-state index contributed by atoms with van der Waals surface area (Å²) in [6.07, 6.45) is 0. The maximum absolute atomic E-state index is 11.6. The van der Waals surface area contributed by atoms with Crippen molar-refractivity contribution in [1.29, 1.82) is 0 Å². The summed E-state index contributed by atoms with van der Waals surface area (Å²) in [4.78, 5) is 0. The third-order valence-electron chi connectivity index (χ3n) is 1.69. The van der Waals surface area contributed by atoms with Gasteiger partial charge in [0.15, 0.2) is 0 Å². The molecule has 0 bridgehead atoms. The molecule has 3 nitrogen and oxygen atoms in total. The van der Waals surface area contributed by atoms with Crippen molar-refractivity contribution < 1.29 is 8.42 Å². The van der Waals surface area contributed by atoms with E-state index in [9.17, 15) is 8.42 Å². The lowest BCUT2D eigenvalue weighted by Crippen LogP contribution is -2.31. The van der Waals surface area contributed by atoms with E-state index >= 15 is 0 Å². The van der Waals surface area contributed by atoms with Crippen molar-refractivity contribution in [2.24, 2.45) is 0 Å². The van der Waals surface area contributed by atoms with Crippen LogP contribution in [0.2, 0.25) is 0 Å². The van der Waals surface area contributed by atoms with Crippen LogP contribution in [0.3, 0.4) is 0 Å². The predicted octanol–water partition coefficient (Wildman–Crippen LogP) is 2.28. The second-order valence-electron chi connectivity index (χ2n) is 3.66. The molecule has 15 heavy (non-hydrogen) atoms. The molecule has 1 aromatic carbocycles. The number of nitrogens with one attached hydrogen (secondary N) is 1. The third kappa shape index (κ3) is 4.77. The standard InChI is InChI=1S/C10H14BrNO2S/c1-8(2)12-15(13,14)7-9-3-5-10(11)6-4-9/h3-6,8,12H,7H2,1-2H3. The van der Waals surface area contributed by atoms with E-state index in [-0.39, 0.29) is 11.8 Å². The van der Waals surface area contributed by atoms with Crippen molar-refractivity contribution in [1.82, 2.24) is 4.72 Å². The van der Waals surface area contributed by atoms with Crippen molar-refractivity contribution in [3.8, 4) is 0 Å². The summed E-state index contributed by atoms with van der Waals surface area (Å²) in [5, 5.41) is 0.